The fourth-order valence-electron chi connectivity index (χ4n) is 9.76. The molecule has 0 saturated heterocycles. The first kappa shape index (κ1) is 29.1. The molecule has 244 valence electrons. The molecule has 3 nitrogen and oxygen atoms in total. The zero-order valence-corrected chi connectivity index (χ0v) is 27.7. The van der Waals surface area contributed by atoms with Crippen molar-refractivity contribution < 1.29 is 8.78 Å². The molecule has 0 radical (unpaired) electrons. The molecule has 4 aliphatic carbocycles. The van der Waals surface area contributed by atoms with Gasteiger partial charge in [0, 0.05) is 45.2 Å². The van der Waals surface area contributed by atoms with Crippen LogP contribution in [0.25, 0.3) is 39.3 Å². The summed E-state index contributed by atoms with van der Waals surface area (Å²) in [4.78, 5) is 2.61. The van der Waals surface area contributed by atoms with Gasteiger partial charge in [0.25, 0.3) is 0 Å². The highest BCUT2D eigenvalue weighted by molar-refractivity contribution is 5.94. The third-order valence-electron chi connectivity index (χ3n) is 12.0. The Kier molecular flexibility index (Phi) is 6.40. The molecule has 49 heavy (non-hydrogen) atoms. The Morgan fingerprint density at radius 2 is 1.67 bits per heavy atom. The summed E-state index contributed by atoms with van der Waals surface area (Å²) in [6, 6.07) is 26.2. The predicted octanol–water partition coefficient (Wildman–Crippen LogP) is 10.8. The van der Waals surface area contributed by atoms with E-state index in [9.17, 15) is 4.39 Å². The summed E-state index contributed by atoms with van der Waals surface area (Å²) in [5.41, 5.74) is 12.1. The molecular weight excluding hydrogens is 609 g/mol. The molecule has 5 aromatic rings. The largest absolute Gasteiger partial charge is 0.355 e. The number of hydrogen-bond donors (Lipinski definition) is 0. The second kappa shape index (κ2) is 10.8. The van der Waals surface area contributed by atoms with Crippen molar-refractivity contribution in [3.05, 3.63) is 149 Å². The number of alkyl halides is 1. The second-order valence-corrected chi connectivity index (χ2v) is 14.6. The van der Waals surface area contributed by atoms with Crippen LogP contribution in [0.4, 0.5) is 8.78 Å². The molecular formula is C44H39F2N3. The molecule has 5 heteroatoms. The number of aromatic nitrogens is 2. The van der Waals surface area contributed by atoms with Crippen molar-refractivity contribution >= 4 is 27.9 Å². The van der Waals surface area contributed by atoms with E-state index in [1.165, 1.54) is 39.1 Å². The molecule has 1 spiro atoms. The Balaban J connectivity index is 1.16. The van der Waals surface area contributed by atoms with Crippen LogP contribution in [-0.2, 0) is 12.8 Å². The van der Waals surface area contributed by atoms with Gasteiger partial charge in [0.05, 0.1) is 22.6 Å². The van der Waals surface area contributed by atoms with Crippen LogP contribution in [0.1, 0.15) is 67.5 Å². The van der Waals surface area contributed by atoms with Gasteiger partial charge in [-0.1, -0.05) is 61.5 Å². The molecule has 5 aliphatic rings. The molecule has 0 amide bonds. The average Bonchev–Trinajstić information content (AvgIpc) is 3.76. The minimum atomic E-state index is -0.820. The van der Waals surface area contributed by atoms with Gasteiger partial charge < -0.3 is 14.0 Å². The first-order valence-corrected chi connectivity index (χ1v) is 17.9. The van der Waals surface area contributed by atoms with Crippen molar-refractivity contribution in [2.75, 3.05) is 0 Å². The third-order valence-corrected chi connectivity index (χ3v) is 12.0. The highest BCUT2D eigenvalue weighted by Gasteiger charge is 2.46. The number of para-hydroxylation sites is 2. The van der Waals surface area contributed by atoms with Gasteiger partial charge in [-0.15, -0.1) is 0 Å². The van der Waals surface area contributed by atoms with Gasteiger partial charge in [-0.2, -0.15) is 0 Å². The minimum absolute atomic E-state index is 0.128. The van der Waals surface area contributed by atoms with Gasteiger partial charge >= 0.3 is 0 Å². The quantitative estimate of drug-likeness (QED) is 0.190. The number of hydrogen-bond acceptors (Lipinski definition) is 1. The van der Waals surface area contributed by atoms with E-state index in [0.29, 0.717) is 12.8 Å². The number of fused-ring (bicyclic) bond motifs is 6. The molecule has 10 rings (SSSR count). The molecule has 0 bridgehead atoms. The maximum Gasteiger partial charge on any atom is 0.119 e. The number of nitrogens with zero attached hydrogens (tertiary/aromatic N) is 3. The average molecular weight is 648 g/mol. The summed E-state index contributed by atoms with van der Waals surface area (Å²) in [5, 5.41) is 2.41. The van der Waals surface area contributed by atoms with Gasteiger partial charge in [-0.05, 0) is 122 Å². The van der Waals surface area contributed by atoms with Crippen molar-refractivity contribution in [2.45, 2.75) is 75.5 Å². The molecule has 4 atom stereocenters. The summed E-state index contributed by atoms with van der Waals surface area (Å²) < 4.78 is 34.3. The lowest BCUT2D eigenvalue weighted by molar-refractivity contribution is 0.170. The number of rotatable bonds is 3. The summed E-state index contributed by atoms with van der Waals surface area (Å²) in [7, 11) is 0. The van der Waals surface area contributed by atoms with E-state index in [1.807, 2.05) is 6.92 Å². The van der Waals surface area contributed by atoms with E-state index in [0.717, 1.165) is 59.9 Å². The lowest BCUT2D eigenvalue weighted by Gasteiger charge is -2.45. The molecule has 0 fully saturated rings. The Bertz CT molecular complexity index is 2330. The molecule has 1 aliphatic heterocycles. The monoisotopic (exact) mass is 647 g/mol. The highest BCUT2D eigenvalue weighted by atomic mass is 19.1. The van der Waals surface area contributed by atoms with Crippen LogP contribution in [0, 0.1) is 0 Å². The van der Waals surface area contributed by atoms with Crippen LogP contribution in [-0.4, -0.2) is 31.8 Å². The molecule has 2 aromatic heterocycles. The van der Waals surface area contributed by atoms with Gasteiger partial charge in [0.1, 0.15) is 12.0 Å². The second-order valence-electron chi connectivity index (χ2n) is 14.6. The van der Waals surface area contributed by atoms with Crippen LogP contribution in [0.5, 0.6) is 0 Å². The molecule has 3 aromatic carbocycles. The Morgan fingerprint density at radius 3 is 2.53 bits per heavy atom. The Labute approximate surface area is 285 Å². The van der Waals surface area contributed by atoms with Gasteiger partial charge in [0.2, 0.25) is 0 Å². The van der Waals surface area contributed by atoms with Crippen LogP contribution in [0.2, 0.25) is 0 Å². The number of benzene rings is 3. The molecule has 0 N–H and O–H groups in total. The SMILES string of the molecule is CC1c2c(n(-c3ccc4c(c3)c3c(n4-c4ccccc4)C=CC(N4C5=C(CCC=C5)CC45C=CC(F)=CC5)C3)c3ccccc23)CCC1F. The van der Waals surface area contributed by atoms with Crippen molar-refractivity contribution in [1.82, 2.24) is 14.0 Å². The van der Waals surface area contributed by atoms with E-state index >= 15 is 4.39 Å². The summed E-state index contributed by atoms with van der Waals surface area (Å²) >= 11 is 0. The lowest BCUT2D eigenvalue weighted by atomic mass is 9.83. The fourth-order valence-corrected chi connectivity index (χ4v) is 9.76. The summed E-state index contributed by atoms with van der Waals surface area (Å²) in [6.45, 7) is 2.05. The molecule has 3 heterocycles. The zero-order valence-electron chi connectivity index (χ0n) is 27.7. The molecule has 0 saturated carbocycles. The summed E-state index contributed by atoms with van der Waals surface area (Å²) in [5.74, 6) is -0.267. The van der Waals surface area contributed by atoms with E-state index < -0.39 is 6.17 Å². The van der Waals surface area contributed by atoms with E-state index in [1.54, 1.807) is 12.2 Å². The number of halogens is 2. The predicted molar refractivity (Wildman–Crippen MR) is 196 cm³/mol. The zero-order chi connectivity index (χ0) is 32.9. The Hall–Kier alpha value is -4.90. The first-order valence-electron chi connectivity index (χ1n) is 17.9. The van der Waals surface area contributed by atoms with Crippen LogP contribution < -0.4 is 0 Å². The maximum absolute atomic E-state index is 15.1. The van der Waals surface area contributed by atoms with E-state index in [4.69, 9.17) is 0 Å². The standard InChI is InChI=1S/C44H39F2N3/c1-28-37(46)17-20-42-43(28)34-12-6-8-14-39(34)48(42)32-15-18-40-35(25-32)36-26-33(16-19-41(36)47(40)31-10-3-2-4-11-31)49-38-13-7-5-9-29(38)27-44(49)23-21-30(45)22-24-44/h2-4,6-8,10-16,18-19,21-23,25,28,33,37H,5,9,17,20,24,26-27H2,1H3. The minimum Gasteiger partial charge on any atom is -0.355 e. The lowest BCUT2D eigenvalue weighted by Crippen LogP contribution is -2.49. The fraction of sp³-hybridized carbons (Fsp3) is 0.273. The molecule has 4 unspecified atom stereocenters. The van der Waals surface area contributed by atoms with Crippen LogP contribution in [0.3, 0.4) is 0 Å². The van der Waals surface area contributed by atoms with Gasteiger partial charge in [-0.25, -0.2) is 8.78 Å². The Morgan fingerprint density at radius 1 is 0.837 bits per heavy atom. The van der Waals surface area contributed by atoms with Crippen molar-refractivity contribution in [3.63, 3.8) is 0 Å². The van der Waals surface area contributed by atoms with E-state index in [-0.39, 0.29) is 23.3 Å². The number of allylic oxidation sites excluding steroid dienone is 4. The highest BCUT2D eigenvalue weighted by Crippen LogP contribution is 2.50. The van der Waals surface area contributed by atoms with Crippen molar-refractivity contribution in [2.24, 2.45) is 0 Å². The normalized spacial score (nSPS) is 25.7. The van der Waals surface area contributed by atoms with Crippen molar-refractivity contribution in [3.8, 4) is 11.4 Å². The van der Waals surface area contributed by atoms with Gasteiger partial charge in [-0.3, -0.25) is 0 Å². The first-order chi connectivity index (χ1) is 24.0. The topological polar surface area (TPSA) is 13.1 Å². The van der Waals surface area contributed by atoms with Crippen molar-refractivity contribution in [1.29, 1.82) is 0 Å². The van der Waals surface area contributed by atoms with Gasteiger partial charge in [0.15, 0.2) is 0 Å². The third kappa shape index (κ3) is 4.24. The maximum atomic E-state index is 15.1. The van der Waals surface area contributed by atoms with Crippen LogP contribution in [0.15, 0.2) is 126 Å². The van der Waals surface area contributed by atoms with E-state index in [2.05, 4.69) is 117 Å². The van der Waals surface area contributed by atoms with Crippen LogP contribution >= 0.6 is 0 Å². The summed E-state index contributed by atoms with van der Waals surface area (Å²) in [6.07, 6.45) is 20.0. The smallest absolute Gasteiger partial charge is 0.119 e.